The van der Waals surface area contributed by atoms with Crippen molar-refractivity contribution >= 4 is 5.97 Å². The number of benzene rings is 1. The van der Waals surface area contributed by atoms with Crippen LogP contribution in [0.4, 0.5) is 0 Å². The van der Waals surface area contributed by atoms with E-state index in [4.69, 9.17) is 4.74 Å². The highest BCUT2D eigenvalue weighted by atomic mass is 16.5. The third kappa shape index (κ3) is 6.63. The molecule has 1 aliphatic carbocycles. The fourth-order valence-electron chi connectivity index (χ4n) is 1.82. The number of methoxy groups -OCH3 is 1. The van der Waals surface area contributed by atoms with Gasteiger partial charge >= 0.3 is 5.97 Å². The van der Waals surface area contributed by atoms with E-state index in [1.165, 1.54) is 26.4 Å². The molecule has 0 radical (unpaired) electrons. The van der Waals surface area contributed by atoms with Crippen LogP contribution in [0.2, 0.25) is 0 Å². The van der Waals surface area contributed by atoms with Gasteiger partial charge in [0.1, 0.15) is 5.75 Å². The van der Waals surface area contributed by atoms with E-state index in [1.807, 2.05) is 24.3 Å². The van der Waals surface area contributed by atoms with Gasteiger partial charge < -0.3 is 14.8 Å². The first-order valence-electron chi connectivity index (χ1n) is 7.77. The predicted octanol–water partition coefficient (Wildman–Crippen LogP) is 2.56. The number of aryl methyl sites for hydroxylation is 1. The number of carbonyl (C=O) groups excluding carboxylic acids is 1. The number of esters is 1. The number of ether oxygens (including phenoxy) is 2. The third-order valence-corrected chi connectivity index (χ3v) is 3.45. The average Bonchev–Trinajstić information content (AvgIpc) is 3.32. The Morgan fingerprint density at radius 3 is 2.62 bits per heavy atom. The van der Waals surface area contributed by atoms with Crippen LogP contribution in [0, 0.1) is 5.92 Å². The Hall–Kier alpha value is -1.55. The summed E-state index contributed by atoms with van der Waals surface area (Å²) in [7, 11) is 1.41. The zero-order chi connectivity index (χ0) is 14.9. The van der Waals surface area contributed by atoms with E-state index < -0.39 is 0 Å². The molecule has 4 nitrogen and oxygen atoms in total. The van der Waals surface area contributed by atoms with Crippen molar-refractivity contribution in [1.29, 1.82) is 0 Å². The second-order valence-corrected chi connectivity index (χ2v) is 5.62. The van der Waals surface area contributed by atoms with Gasteiger partial charge in [-0.1, -0.05) is 31.4 Å². The second-order valence-electron chi connectivity index (χ2n) is 5.62. The van der Waals surface area contributed by atoms with Crippen molar-refractivity contribution in [2.45, 2.75) is 32.1 Å². The van der Waals surface area contributed by atoms with Gasteiger partial charge in [0.25, 0.3) is 0 Å². The zero-order valence-electron chi connectivity index (χ0n) is 12.8. The minimum absolute atomic E-state index is 0.179. The zero-order valence-corrected chi connectivity index (χ0v) is 12.8. The summed E-state index contributed by atoms with van der Waals surface area (Å²) in [6, 6.07) is 7.91. The summed E-state index contributed by atoms with van der Waals surface area (Å²) in [6.07, 6.45) is 5.60. The van der Waals surface area contributed by atoms with Gasteiger partial charge in [-0.3, -0.25) is 4.79 Å². The SMILES string of the molecule is C1CC1.COC(=O)CCc1cccc(OCC2CNC2)c1. The Morgan fingerprint density at radius 1 is 1.29 bits per heavy atom. The summed E-state index contributed by atoms with van der Waals surface area (Å²) >= 11 is 0. The molecule has 1 saturated heterocycles. The Kier molecular flexibility index (Phi) is 6.54. The van der Waals surface area contributed by atoms with E-state index in [2.05, 4.69) is 10.1 Å². The van der Waals surface area contributed by atoms with Gasteiger partial charge in [-0.25, -0.2) is 0 Å². The van der Waals surface area contributed by atoms with Crippen LogP contribution in [0.15, 0.2) is 24.3 Å². The van der Waals surface area contributed by atoms with Crippen molar-refractivity contribution < 1.29 is 14.3 Å². The highest BCUT2D eigenvalue weighted by molar-refractivity contribution is 5.69. The molecule has 1 saturated carbocycles. The number of rotatable bonds is 6. The van der Waals surface area contributed by atoms with E-state index in [-0.39, 0.29) is 5.97 Å². The lowest BCUT2D eigenvalue weighted by Crippen LogP contribution is -2.45. The molecule has 0 unspecified atom stereocenters. The summed E-state index contributed by atoms with van der Waals surface area (Å²) in [5.41, 5.74) is 1.10. The van der Waals surface area contributed by atoms with Gasteiger partial charge in [0.2, 0.25) is 0 Å². The smallest absolute Gasteiger partial charge is 0.305 e. The summed E-state index contributed by atoms with van der Waals surface area (Å²) in [6.45, 7) is 2.84. The van der Waals surface area contributed by atoms with Crippen LogP contribution >= 0.6 is 0 Å². The lowest BCUT2D eigenvalue weighted by Gasteiger charge is -2.26. The maximum Gasteiger partial charge on any atom is 0.305 e. The van der Waals surface area contributed by atoms with Gasteiger partial charge in [-0.2, -0.15) is 0 Å². The number of hydrogen-bond acceptors (Lipinski definition) is 4. The van der Waals surface area contributed by atoms with Crippen LogP contribution in [0.5, 0.6) is 5.75 Å². The van der Waals surface area contributed by atoms with Crippen LogP contribution in [-0.2, 0) is 16.0 Å². The van der Waals surface area contributed by atoms with Gasteiger partial charge in [0, 0.05) is 25.4 Å². The Bertz CT molecular complexity index is 439. The van der Waals surface area contributed by atoms with Crippen molar-refractivity contribution in [3.63, 3.8) is 0 Å². The van der Waals surface area contributed by atoms with Crippen LogP contribution in [0.1, 0.15) is 31.2 Å². The molecule has 4 heteroatoms. The maximum atomic E-state index is 11.1. The average molecular weight is 291 g/mol. The Labute approximate surface area is 126 Å². The topological polar surface area (TPSA) is 47.6 Å². The summed E-state index contributed by atoms with van der Waals surface area (Å²) in [4.78, 5) is 11.1. The van der Waals surface area contributed by atoms with Crippen molar-refractivity contribution in [3.8, 4) is 5.75 Å². The van der Waals surface area contributed by atoms with Gasteiger partial charge in [0.05, 0.1) is 13.7 Å². The summed E-state index contributed by atoms with van der Waals surface area (Å²) in [5.74, 6) is 1.33. The lowest BCUT2D eigenvalue weighted by atomic mass is 10.1. The number of nitrogens with one attached hydrogen (secondary N) is 1. The van der Waals surface area contributed by atoms with Gasteiger partial charge in [-0.15, -0.1) is 0 Å². The first-order chi connectivity index (χ1) is 10.3. The Balaban J connectivity index is 0.000000477. The molecule has 1 aromatic rings. The van der Waals surface area contributed by atoms with E-state index in [9.17, 15) is 4.79 Å². The molecule has 1 aliphatic heterocycles. The van der Waals surface area contributed by atoms with Crippen molar-refractivity contribution in [2.24, 2.45) is 5.92 Å². The standard InChI is InChI=1S/C14H19NO3.C3H6/c1-17-14(16)6-5-11-3-2-4-13(7-11)18-10-12-8-15-9-12;1-2-3-1/h2-4,7,12,15H,5-6,8-10H2,1H3;1-3H2. The molecular weight excluding hydrogens is 266 g/mol. The molecule has 0 atom stereocenters. The van der Waals surface area contributed by atoms with Crippen LogP contribution < -0.4 is 10.1 Å². The minimum Gasteiger partial charge on any atom is -0.493 e. The van der Waals surface area contributed by atoms with Gasteiger partial charge in [0.15, 0.2) is 0 Å². The molecule has 2 aliphatic rings. The third-order valence-electron chi connectivity index (χ3n) is 3.45. The van der Waals surface area contributed by atoms with E-state index in [0.29, 0.717) is 18.8 Å². The fourth-order valence-corrected chi connectivity index (χ4v) is 1.82. The number of carbonyl (C=O) groups is 1. The van der Waals surface area contributed by atoms with Crippen molar-refractivity contribution in [3.05, 3.63) is 29.8 Å². The first-order valence-corrected chi connectivity index (χ1v) is 7.77. The van der Waals surface area contributed by atoms with Gasteiger partial charge in [-0.05, 0) is 24.1 Å². The molecule has 21 heavy (non-hydrogen) atoms. The molecule has 1 heterocycles. The molecular formula is C17H25NO3. The highest BCUT2D eigenvalue weighted by Gasteiger charge is 2.17. The fraction of sp³-hybridized carbons (Fsp3) is 0.588. The summed E-state index contributed by atoms with van der Waals surface area (Å²) < 4.78 is 10.4. The molecule has 1 N–H and O–H groups in total. The Morgan fingerprint density at radius 2 is 2.05 bits per heavy atom. The largest absolute Gasteiger partial charge is 0.493 e. The van der Waals surface area contributed by atoms with Crippen molar-refractivity contribution in [1.82, 2.24) is 5.32 Å². The van der Waals surface area contributed by atoms with E-state index in [0.717, 1.165) is 31.0 Å². The summed E-state index contributed by atoms with van der Waals surface area (Å²) in [5, 5.41) is 3.22. The molecule has 0 aromatic heterocycles. The predicted molar refractivity (Wildman–Crippen MR) is 82.5 cm³/mol. The molecule has 0 bridgehead atoms. The quantitative estimate of drug-likeness (QED) is 0.818. The minimum atomic E-state index is -0.179. The van der Waals surface area contributed by atoms with E-state index in [1.54, 1.807) is 0 Å². The lowest BCUT2D eigenvalue weighted by molar-refractivity contribution is -0.140. The molecule has 0 amide bonds. The van der Waals surface area contributed by atoms with E-state index >= 15 is 0 Å². The normalized spacial score (nSPS) is 16.2. The molecule has 3 rings (SSSR count). The molecule has 2 fully saturated rings. The molecule has 0 spiro atoms. The maximum absolute atomic E-state index is 11.1. The second kappa shape index (κ2) is 8.67. The van der Waals surface area contributed by atoms with Crippen LogP contribution in [-0.4, -0.2) is 32.8 Å². The molecule has 1 aromatic carbocycles. The van der Waals surface area contributed by atoms with Crippen LogP contribution in [0.25, 0.3) is 0 Å². The number of hydrogen-bond donors (Lipinski definition) is 1. The van der Waals surface area contributed by atoms with Crippen LogP contribution in [0.3, 0.4) is 0 Å². The highest BCUT2D eigenvalue weighted by Crippen LogP contribution is 2.16. The van der Waals surface area contributed by atoms with Crippen molar-refractivity contribution in [2.75, 3.05) is 26.8 Å². The monoisotopic (exact) mass is 291 g/mol. The molecule has 116 valence electrons. The first kappa shape index (κ1) is 15.8.